The number of halogens is 2. The van der Waals surface area contributed by atoms with Crippen molar-refractivity contribution in [2.24, 2.45) is 0 Å². The van der Waals surface area contributed by atoms with Crippen molar-refractivity contribution in [3.05, 3.63) is 70.8 Å². The van der Waals surface area contributed by atoms with Gasteiger partial charge in [0.2, 0.25) is 0 Å². The van der Waals surface area contributed by atoms with E-state index in [4.69, 9.17) is 10.2 Å². The summed E-state index contributed by atoms with van der Waals surface area (Å²) in [6.07, 6.45) is 0. The highest BCUT2D eigenvalue weighted by molar-refractivity contribution is 14.1. The zero-order chi connectivity index (χ0) is 16.3. The zero-order valence-electron chi connectivity index (χ0n) is 11.1. The summed E-state index contributed by atoms with van der Waals surface area (Å²) >= 11 is 4.39. The highest BCUT2D eigenvalue weighted by Crippen LogP contribution is 2.36. The number of benzene rings is 2. The topological polar surface area (TPSA) is 74.6 Å². The summed E-state index contributed by atoms with van der Waals surface area (Å²) in [7, 11) is 0. The first-order chi connectivity index (χ1) is 10.4. The predicted molar refractivity (Wildman–Crippen MR) is 102 cm³/mol. The van der Waals surface area contributed by atoms with Gasteiger partial charge < -0.3 is 10.2 Å². The second-order valence-corrected chi connectivity index (χ2v) is 6.55. The normalized spacial score (nSPS) is 11.7. The van der Waals surface area contributed by atoms with Crippen molar-refractivity contribution in [3.8, 4) is 0 Å². The molecule has 0 heterocycles. The zero-order valence-corrected chi connectivity index (χ0v) is 15.4. The molecule has 0 aliphatic carbocycles. The molecular formula is C16H10I2O4. The molecule has 2 rings (SSSR count). The van der Waals surface area contributed by atoms with Crippen LogP contribution in [0.4, 0.5) is 0 Å². The van der Waals surface area contributed by atoms with Crippen molar-refractivity contribution < 1.29 is 19.8 Å². The Kier molecular flexibility index (Phi) is 5.57. The summed E-state index contributed by atoms with van der Waals surface area (Å²) < 4.78 is 1.94. The maximum absolute atomic E-state index is 10.9. The first-order valence-corrected chi connectivity index (χ1v) is 8.28. The molecule has 2 N–H and O–H groups in total. The predicted octanol–water partition coefficient (Wildman–Crippen LogP) is 4.78. The highest BCUT2D eigenvalue weighted by atomic mass is 127. The molecule has 0 fully saturated rings. The van der Waals surface area contributed by atoms with Crippen LogP contribution < -0.4 is 0 Å². The fourth-order valence-electron chi connectivity index (χ4n) is 1.77. The molecule has 0 spiro atoms. The van der Waals surface area contributed by atoms with Crippen molar-refractivity contribution in [1.29, 1.82) is 0 Å². The molecule has 2 aromatic carbocycles. The van der Waals surface area contributed by atoms with E-state index >= 15 is 0 Å². The lowest BCUT2D eigenvalue weighted by Gasteiger charge is -2.07. The van der Waals surface area contributed by atoms with Crippen LogP contribution in [0.5, 0.6) is 0 Å². The number of carbonyl (C=O) groups is 2. The van der Waals surface area contributed by atoms with Gasteiger partial charge in [-0.15, -0.1) is 0 Å². The van der Waals surface area contributed by atoms with Crippen LogP contribution in [0.1, 0.15) is 31.8 Å². The molecule has 0 unspecified atom stereocenters. The number of carboxylic acid groups (broad SMARTS) is 2. The van der Waals surface area contributed by atoms with Crippen molar-refractivity contribution in [1.82, 2.24) is 0 Å². The van der Waals surface area contributed by atoms with Gasteiger partial charge >= 0.3 is 11.9 Å². The fraction of sp³-hybridized carbons (Fsp3) is 0. The maximum atomic E-state index is 10.9. The average Bonchev–Trinajstić information content (AvgIpc) is 2.53. The van der Waals surface area contributed by atoms with Gasteiger partial charge in [0.25, 0.3) is 0 Å². The third-order valence-electron chi connectivity index (χ3n) is 2.96. The minimum atomic E-state index is -0.954. The SMILES string of the molecule is O=C(O)c1ccc(/C(I)=C(\I)c2ccc(C(=O)O)cc2)cc1. The van der Waals surface area contributed by atoms with Gasteiger partial charge in [-0.2, -0.15) is 0 Å². The molecule has 0 saturated heterocycles. The second-order valence-electron chi connectivity index (χ2n) is 4.39. The van der Waals surface area contributed by atoms with Crippen LogP contribution in [-0.2, 0) is 0 Å². The summed E-state index contributed by atoms with van der Waals surface area (Å²) in [4.78, 5) is 21.7. The van der Waals surface area contributed by atoms with Crippen LogP contribution in [0.15, 0.2) is 48.5 Å². The number of rotatable bonds is 4. The lowest BCUT2D eigenvalue weighted by atomic mass is 10.1. The summed E-state index contributed by atoms with van der Waals surface area (Å²) in [5.74, 6) is -1.91. The molecule has 0 atom stereocenters. The Bertz CT molecular complexity index is 681. The van der Waals surface area contributed by atoms with E-state index in [2.05, 4.69) is 45.2 Å². The van der Waals surface area contributed by atoms with Gasteiger partial charge in [-0.1, -0.05) is 24.3 Å². The fourth-order valence-corrected chi connectivity index (χ4v) is 3.11. The minimum Gasteiger partial charge on any atom is -0.478 e. The van der Waals surface area contributed by atoms with Crippen LogP contribution in [0.25, 0.3) is 7.16 Å². The van der Waals surface area contributed by atoms with Gasteiger partial charge in [-0.3, -0.25) is 0 Å². The lowest BCUT2D eigenvalue weighted by Crippen LogP contribution is -1.96. The molecule has 0 saturated carbocycles. The molecule has 112 valence electrons. The van der Waals surface area contributed by atoms with E-state index in [1.165, 1.54) is 0 Å². The Morgan fingerprint density at radius 3 is 1.05 bits per heavy atom. The second kappa shape index (κ2) is 7.23. The molecule has 4 nitrogen and oxygen atoms in total. The number of carboxylic acids is 2. The molecule has 0 amide bonds. The van der Waals surface area contributed by atoms with Crippen molar-refractivity contribution >= 4 is 64.3 Å². The third-order valence-corrected chi connectivity index (χ3v) is 6.32. The molecule has 0 bridgehead atoms. The van der Waals surface area contributed by atoms with Gasteiger partial charge in [-0.25, -0.2) is 9.59 Å². The van der Waals surface area contributed by atoms with E-state index in [0.29, 0.717) is 0 Å². The Morgan fingerprint density at radius 2 is 0.818 bits per heavy atom. The Labute approximate surface area is 154 Å². The number of hydrogen-bond acceptors (Lipinski definition) is 2. The van der Waals surface area contributed by atoms with Gasteiger partial charge in [-0.05, 0) is 80.6 Å². The van der Waals surface area contributed by atoms with Crippen LogP contribution in [0.3, 0.4) is 0 Å². The number of hydrogen-bond donors (Lipinski definition) is 2. The lowest BCUT2D eigenvalue weighted by molar-refractivity contribution is 0.0686. The Hall–Kier alpha value is -1.42. The number of aromatic carboxylic acids is 2. The summed E-state index contributed by atoms with van der Waals surface area (Å²) in [6.45, 7) is 0. The standard InChI is InChI=1S/C16H10I2O4/c17-13(9-1-5-11(6-2-9)15(19)20)14(18)10-3-7-12(8-4-10)16(21)22/h1-8H,(H,19,20)(H,21,22)/b14-13+. The molecule has 0 aromatic heterocycles. The van der Waals surface area contributed by atoms with E-state index < -0.39 is 11.9 Å². The quantitative estimate of drug-likeness (QED) is 0.450. The highest BCUT2D eigenvalue weighted by Gasteiger charge is 2.09. The van der Waals surface area contributed by atoms with Gasteiger partial charge in [0.05, 0.1) is 11.1 Å². The van der Waals surface area contributed by atoms with E-state index in [1.54, 1.807) is 48.5 Å². The van der Waals surface area contributed by atoms with E-state index in [1.807, 2.05) is 0 Å². The Morgan fingerprint density at radius 1 is 0.591 bits per heavy atom. The monoisotopic (exact) mass is 520 g/mol. The molecule has 2 aromatic rings. The molecule has 22 heavy (non-hydrogen) atoms. The first-order valence-electron chi connectivity index (χ1n) is 6.13. The molecular weight excluding hydrogens is 510 g/mol. The summed E-state index contributed by atoms with van der Waals surface area (Å²) in [5.41, 5.74) is 2.32. The van der Waals surface area contributed by atoms with Crippen LogP contribution in [0.2, 0.25) is 0 Å². The van der Waals surface area contributed by atoms with E-state index in [-0.39, 0.29) is 11.1 Å². The van der Waals surface area contributed by atoms with Gasteiger partial charge in [0.15, 0.2) is 0 Å². The summed E-state index contributed by atoms with van der Waals surface area (Å²) in [6, 6.07) is 13.3. The molecule has 0 aliphatic rings. The molecule has 6 heteroatoms. The van der Waals surface area contributed by atoms with Crippen LogP contribution >= 0.6 is 45.2 Å². The largest absolute Gasteiger partial charge is 0.478 e. The van der Waals surface area contributed by atoms with E-state index in [0.717, 1.165) is 18.3 Å². The average molecular weight is 520 g/mol. The van der Waals surface area contributed by atoms with Crippen molar-refractivity contribution in [2.45, 2.75) is 0 Å². The Balaban J connectivity index is 2.35. The third kappa shape index (κ3) is 3.86. The minimum absolute atomic E-state index is 0.244. The van der Waals surface area contributed by atoms with Gasteiger partial charge in [0, 0.05) is 7.16 Å². The molecule has 0 radical (unpaired) electrons. The van der Waals surface area contributed by atoms with Crippen molar-refractivity contribution in [3.63, 3.8) is 0 Å². The smallest absolute Gasteiger partial charge is 0.335 e. The van der Waals surface area contributed by atoms with Gasteiger partial charge in [0.1, 0.15) is 0 Å². The first kappa shape index (κ1) is 16.9. The van der Waals surface area contributed by atoms with Crippen LogP contribution in [-0.4, -0.2) is 22.2 Å². The molecule has 0 aliphatic heterocycles. The van der Waals surface area contributed by atoms with Crippen LogP contribution in [0, 0.1) is 0 Å². The summed E-state index contributed by atoms with van der Waals surface area (Å²) in [5, 5.41) is 17.8. The van der Waals surface area contributed by atoms with E-state index in [9.17, 15) is 9.59 Å². The maximum Gasteiger partial charge on any atom is 0.335 e. The van der Waals surface area contributed by atoms with Crippen molar-refractivity contribution in [2.75, 3.05) is 0 Å².